The molecule has 0 saturated carbocycles. The number of nitrogens with one attached hydrogen (secondary N) is 2. The standard InChI is InChI=1S/C22H29N3O2S2/c1-5-7-12-23-19(26)14-18(21(27)24-13-8-6-2)29-22-25-20-16(15(3)4)10-9-11-17(20)28-22/h5-6,9-11,15,18H,1-2,7-8,12-14H2,3-4H3,(H,23,26)(H,24,27). The molecule has 1 heterocycles. The first-order chi connectivity index (χ1) is 14.0. The molecule has 2 aromatic rings. The van der Waals surface area contributed by atoms with E-state index in [0.29, 0.717) is 31.8 Å². The van der Waals surface area contributed by atoms with E-state index in [2.05, 4.69) is 43.7 Å². The third kappa shape index (κ3) is 7.01. The van der Waals surface area contributed by atoms with Gasteiger partial charge in [0.1, 0.15) is 0 Å². The van der Waals surface area contributed by atoms with Gasteiger partial charge in [-0.25, -0.2) is 4.98 Å². The SMILES string of the molecule is C=CCCNC(=O)CC(Sc1nc2c(C(C)C)cccc2s1)C(=O)NCCC=C. The summed E-state index contributed by atoms with van der Waals surface area (Å²) in [5, 5.41) is 5.19. The third-order valence-corrected chi connectivity index (χ3v) is 6.59. The fourth-order valence-electron chi connectivity index (χ4n) is 2.74. The van der Waals surface area contributed by atoms with Crippen LogP contribution in [0, 0.1) is 0 Å². The molecule has 2 rings (SSSR count). The van der Waals surface area contributed by atoms with Gasteiger partial charge in [-0.2, -0.15) is 0 Å². The molecule has 7 heteroatoms. The van der Waals surface area contributed by atoms with Crippen LogP contribution in [0.5, 0.6) is 0 Å². The van der Waals surface area contributed by atoms with Crippen LogP contribution in [-0.2, 0) is 9.59 Å². The molecule has 29 heavy (non-hydrogen) atoms. The molecule has 0 bridgehead atoms. The quantitative estimate of drug-likeness (QED) is 0.291. The van der Waals surface area contributed by atoms with Gasteiger partial charge in [0.05, 0.1) is 15.5 Å². The van der Waals surface area contributed by atoms with Crippen LogP contribution in [-0.4, -0.2) is 35.1 Å². The summed E-state index contributed by atoms with van der Waals surface area (Å²) in [5.41, 5.74) is 2.18. The number of amides is 2. The summed E-state index contributed by atoms with van der Waals surface area (Å²) in [7, 11) is 0. The molecule has 5 nitrogen and oxygen atoms in total. The van der Waals surface area contributed by atoms with Crippen LogP contribution in [0.15, 0.2) is 47.8 Å². The number of rotatable bonds is 12. The molecule has 0 aliphatic rings. The zero-order valence-corrected chi connectivity index (χ0v) is 18.7. The summed E-state index contributed by atoms with van der Waals surface area (Å²) in [6, 6.07) is 6.18. The summed E-state index contributed by atoms with van der Waals surface area (Å²) >= 11 is 2.92. The van der Waals surface area contributed by atoms with Crippen LogP contribution < -0.4 is 10.6 Å². The predicted molar refractivity (Wildman–Crippen MR) is 124 cm³/mol. The van der Waals surface area contributed by atoms with Crippen molar-refractivity contribution in [2.45, 2.75) is 48.6 Å². The molecule has 0 aliphatic carbocycles. The molecular formula is C22H29N3O2S2. The van der Waals surface area contributed by atoms with Gasteiger partial charge in [-0.05, 0) is 30.4 Å². The first-order valence-electron chi connectivity index (χ1n) is 9.78. The van der Waals surface area contributed by atoms with Crippen molar-refractivity contribution >= 4 is 45.1 Å². The fraction of sp³-hybridized carbons (Fsp3) is 0.409. The van der Waals surface area contributed by atoms with Crippen LogP contribution in [0.3, 0.4) is 0 Å². The fourth-order valence-corrected chi connectivity index (χ4v) is 5.10. The average molecular weight is 432 g/mol. The van der Waals surface area contributed by atoms with E-state index in [0.717, 1.165) is 14.6 Å². The zero-order chi connectivity index (χ0) is 21.2. The molecule has 1 aromatic heterocycles. The van der Waals surface area contributed by atoms with Gasteiger partial charge in [0.25, 0.3) is 0 Å². The maximum absolute atomic E-state index is 12.7. The monoisotopic (exact) mass is 431 g/mol. The zero-order valence-electron chi connectivity index (χ0n) is 17.1. The molecule has 0 aliphatic heterocycles. The molecule has 0 radical (unpaired) electrons. The number of benzene rings is 1. The Morgan fingerprint density at radius 2 is 1.86 bits per heavy atom. The second-order valence-electron chi connectivity index (χ2n) is 6.93. The summed E-state index contributed by atoms with van der Waals surface area (Å²) in [4.78, 5) is 29.8. The summed E-state index contributed by atoms with van der Waals surface area (Å²) in [5.74, 6) is 0.0681. The first kappa shape index (κ1) is 23.2. The molecule has 2 amide bonds. The van der Waals surface area contributed by atoms with Crippen molar-refractivity contribution in [3.05, 3.63) is 49.1 Å². The molecular weight excluding hydrogens is 402 g/mol. The Bertz CT molecular complexity index is 861. The molecule has 0 fully saturated rings. The van der Waals surface area contributed by atoms with Crippen LogP contribution >= 0.6 is 23.1 Å². The number of fused-ring (bicyclic) bond motifs is 1. The van der Waals surface area contributed by atoms with Gasteiger partial charge >= 0.3 is 0 Å². The minimum absolute atomic E-state index is 0.106. The Balaban J connectivity index is 2.17. The maximum atomic E-state index is 12.7. The number of hydrogen-bond acceptors (Lipinski definition) is 5. The molecule has 156 valence electrons. The number of carbonyl (C=O) groups excluding carboxylic acids is 2. The number of hydrogen-bond donors (Lipinski definition) is 2. The van der Waals surface area contributed by atoms with Gasteiger partial charge in [0, 0.05) is 19.5 Å². The predicted octanol–water partition coefficient (Wildman–Crippen LogP) is 4.66. The van der Waals surface area contributed by atoms with Gasteiger partial charge in [-0.15, -0.1) is 24.5 Å². The Hall–Kier alpha value is -2.12. The summed E-state index contributed by atoms with van der Waals surface area (Å²) in [6.45, 7) is 12.6. The lowest BCUT2D eigenvalue weighted by atomic mass is 10.0. The number of thiazole rings is 1. The average Bonchev–Trinajstić information content (AvgIpc) is 3.10. The van der Waals surface area contributed by atoms with Crippen molar-refractivity contribution in [2.24, 2.45) is 0 Å². The maximum Gasteiger partial charge on any atom is 0.234 e. The van der Waals surface area contributed by atoms with E-state index in [-0.39, 0.29) is 18.2 Å². The van der Waals surface area contributed by atoms with Crippen molar-refractivity contribution in [2.75, 3.05) is 13.1 Å². The van der Waals surface area contributed by atoms with Crippen molar-refractivity contribution < 1.29 is 9.59 Å². The second kappa shape index (κ2) is 11.8. The molecule has 1 atom stereocenters. The Morgan fingerprint density at radius 1 is 1.17 bits per heavy atom. The minimum Gasteiger partial charge on any atom is -0.356 e. The molecule has 1 aromatic carbocycles. The van der Waals surface area contributed by atoms with Crippen molar-refractivity contribution in [1.82, 2.24) is 15.6 Å². The highest BCUT2D eigenvalue weighted by Gasteiger charge is 2.25. The van der Waals surface area contributed by atoms with Gasteiger partial charge in [-0.1, -0.05) is 49.9 Å². The van der Waals surface area contributed by atoms with Crippen LogP contribution in [0.1, 0.15) is 44.6 Å². The Labute approximate surface area is 181 Å². The first-order valence-corrected chi connectivity index (χ1v) is 11.5. The number of para-hydroxylation sites is 1. The lowest BCUT2D eigenvalue weighted by Gasteiger charge is -2.15. The van der Waals surface area contributed by atoms with E-state index in [4.69, 9.17) is 4.98 Å². The smallest absolute Gasteiger partial charge is 0.234 e. The van der Waals surface area contributed by atoms with Gasteiger partial charge in [0.2, 0.25) is 11.8 Å². The van der Waals surface area contributed by atoms with E-state index < -0.39 is 5.25 Å². The summed E-state index contributed by atoms with van der Waals surface area (Å²) in [6.07, 6.45) is 5.00. The number of carbonyl (C=O) groups is 2. The van der Waals surface area contributed by atoms with E-state index >= 15 is 0 Å². The number of aromatic nitrogens is 1. The number of thioether (sulfide) groups is 1. The van der Waals surface area contributed by atoms with Gasteiger partial charge < -0.3 is 10.6 Å². The third-order valence-electron chi connectivity index (χ3n) is 4.28. The van der Waals surface area contributed by atoms with Gasteiger partial charge in [-0.3, -0.25) is 9.59 Å². The Morgan fingerprint density at radius 3 is 2.52 bits per heavy atom. The molecule has 0 spiro atoms. The van der Waals surface area contributed by atoms with Crippen LogP contribution in [0.2, 0.25) is 0 Å². The normalized spacial score (nSPS) is 12.0. The number of nitrogens with zero attached hydrogens (tertiary/aromatic N) is 1. The van der Waals surface area contributed by atoms with Crippen LogP contribution in [0.25, 0.3) is 10.2 Å². The van der Waals surface area contributed by atoms with E-state index in [1.807, 2.05) is 12.1 Å². The second-order valence-corrected chi connectivity index (χ2v) is 9.42. The lowest BCUT2D eigenvalue weighted by Crippen LogP contribution is -2.37. The van der Waals surface area contributed by atoms with Crippen molar-refractivity contribution in [3.8, 4) is 0 Å². The highest BCUT2D eigenvalue weighted by atomic mass is 32.2. The van der Waals surface area contributed by atoms with Crippen LogP contribution in [0.4, 0.5) is 0 Å². The van der Waals surface area contributed by atoms with Crippen molar-refractivity contribution in [3.63, 3.8) is 0 Å². The van der Waals surface area contributed by atoms with Crippen molar-refractivity contribution in [1.29, 1.82) is 0 Å². The van der Waals surface area contributed by atoms with E-state index in [9.17, 15) is 9.59 Å². The largest absolute Gasteiger partial charge is 0.356 e. The Kier molecular flexibility index (Phi) is 9.41. The van der Waals surface area contributed by atoms with E-state index in [1.54, 1.807) is 23.5 Å². The van der Waals surface area contributed by atoms with Gasteiger partial charge in [0.15, 0.2) is 4.34 Å². The highest BCUT2D eigenvalue weighted by molar-refractivity contribution is 8.02. The molecule has 1 unspecified atom stereocenters. The highest BCUT2D eigenvalue weighted by Crippen LogP contribution is 2.36. The minimum atomic E-state index is -0.536. The summed E-state index contributed by atoms with van der Waals surface area (Å²) < 4.78 is 1.90. The lowest BCUT2D eigenvalue weighted by molar-refractivity contribution is -0.125. The molecule has 2 N–H and O–H groups in total. The topological polar surface area (TPSA) is 71.1 Å². The van der Waals surface area contributed by atoms with E-state index in [1.165, 1.54) is 17.3 Å². The molecule has 0 saturated heterocycles.